The largest absolute Gasteiger partial charge is 0.321 e. The van der Waals surface area contributed by atoms with E-state index >= 15 is 0 Å². The van der Waals surface area contributed by atoms with E-state index in [-0.39, 0.29) is 16.7 Å². The normalized spacial score (nSPS) is 11.6. The predicted molar refractivity (Wildman–Crippen MR) is 105 cm³/mol. The Kier molecular flexibility index (Phi) is 6.56. The third-order valence-electron chi connectivity index (χ3n) is 4.07. The number of benzene rings is 2. The summed E-state index contributed by atoms with van der Waals surface area (Å²) >= 11 is 0. The van der Waals surface area contributed by atoms with E-state index in [1.54, 1.807) is 12.1 Å². The number of anilines is 1. The Morgan fingerprint density at radius 1 is 1.12 bits per heavy atom. The Bertz CT molecular complexity index is 890. The number of sulfonamides is 1. The van der Waals surface area contributed by atoms with Crippen LogP contribution in [0.15, 0.2) is 47.4 Å². The summed E-state index contributed by atoms with van der Waals surface area (Å²) in [4.78, 5) is 12.7. The van der Waals surface area contributed by atoms with Gasteiger partial charge in [0.15, 0.2) is 0 Å². The van der Waals surface area contributed by atoms with Gasteiger partial charge in [-0.1, -0.05) is 45.0 Å². The molecule has 26 heavy (non-hydrogen) atoms. The Morgan fingerprint density at radius 2 is 1.81 bits per heavy atom. The molecule has 0 saturated carbocycles. The maximum atomic E-state index is 12.7. The number of nitrogens with one attached hydrogen (secondary N) is 2. The van der Waals surface area contributed by atoms with Crippen molar-refractivity contribution in [3.63, 3.8) is 0 Å². The van der Waals surface area contributed by atoms with Crippen LogP contribution in [0.3, 0.4) is 0 Å². The third kappa shape index (κ3) is 4.93. The van der Waals surface area contributed by atoms with Gasteiger partial charge < -0.3 is 5.32 Å². The third-order valence-corrected chi connectivity index (χ3v) is 5.49. The average Bonchev–Trinajstić information content (AvgIpc) is 2.61. The van der Waals surface area contributed by atoms with Crippen LogP contribution in [0.4, 0.5) is 5.69 Å². The zero-order valence-electron chi connectivity index (χ0n) is 15.7. The lowest BCUT2D eigenvalue weighted by atomic mass is 10.1. The molecule has 1 amide bonds. The molecule has 0 heterocycles. The monoisotopic (exact) mass is 374 g/mol. The molecule has 0 aliphatic rings. The van der Waals surface area contributed by atoms with Crippen LogP contribution in [-0.4, -0.2) is 20.9 Å². The number of hydrogen-bond donors (Lipinski definition) is 2. The molecule has 0 spiro atoms. The lowest BCUT2D eigenvalue weighted by molar-refractivity contribution is 0.102. The molecule has 2 N–H and O–H groups in total. The molecular weight excluding hydrogens is 348 g/mol. The second-order valence-corrected chi connectivity index (χ2v) is 8.46. The standard InChI is InChI=1S/C20H26N2O3S/c1-5-16-9-6-8-15(4)19(16)22-20(23)17-10-7-11-18(12-17)26(24,25)21-13-14(2)3/h6-12,14,21H,5,13H2,1-4H3,(H,22,23). The molecule has 0 aliphatic carbocycles. The molecule has 2 rings (SSSR count). The van der Waals surface area contributed by atoms with Crippen LogP contribution in [0, 0.1) is 12.8 Å². The summed E-state index contributed by atoms with van der Waals surface area (Å²) in [5.74, 6) is -0.125. The highest BCUT2D eigenvalue weighted by atomic mass is 32.2. The van der Waals surface area contributed by atoms with Gasteiger partial charge in [-0.15, -0.1) is 0 Å². The second-order valence-electron chi connectivity index (χ2n) is 6.69. The van der Waals surface area contributed by atoms with Crippen LogP contribution in [0.1, 0.15) is 42.3 Å². The summed E-state index contributed by atoms with van der Waals surface area (Å²) in [6.07, 6.45) is 0.796. The van der Waals surface area contributed by atoms with Crippen molar-refractivity contribution in [1.29, 1.82) is 0 Å². The molecule has 0 saturated heterocycles. The van der Waals surface area contributed by atoms with Gasteiger partial charge in [-0.2, -0.15) is 0 Å². The highest BCUT2D eigenvalue weighted by Crippen LogP contribution is 2.22. The fourth-order valence-electron chi connectivity index (χ4n) is 2.55. The minimum atomic E-state index is -3.64. The minimum Gasteiger partial charge on any atom is -0.321 e. The number of para-hydroxylation sites is 1. The molecule has 0 aromatic heterocycles. The first-order valence-corrected chi connectivity index (χ1v) is 10.2. The van der Waals surface area contributed by atoms with Crippen LogP contribution < -0.4 is 10.0 Å². The zero-order valence-corrected chi connectivity index (χ0v) is 16.5. The van der Waals surface area contributed by atoms with E-state index in [2.05, 4.69) is 10.0 Å². The molecule has 0 atom stereocenters. The number of aryl methyl sites for hydroxylation is 2. The van der Waals surface area contributed by atoms with E-state index in [9.17, 15) is 13.2 Å². The molecule has 0 radical (unpaired) electrons. The minimum absolute atomic E-state index is 0.0892. The maximum absolute atomic E-state index is 12.7. The first-order chi connectivity index (χ1) is 12.2. The Labute approximate surface area is 155 Å². The lowest BCUT2D eigenvalue weighted by Crippen LogP contribution is -2.27. The first-order valence-electron chi connectivity index (χ1n) is 8.74. The van der Waals surface area contributed by atoms with Crippen molar-refractivity contribution < 1.29 is 13.2 Å². The van der Waals surface area contributed by atoms with Gasteiger partial charge in [0.1, 0.15) is 0 Å². The number of carbonyl (C=O) groups is 1. The fraction of sp³-hybridized carbons (Fsp3) is 0.350. The van der Waals surface area contributed by atoms with Gasteiger partial charge in [-0.05, 0) is 48.6 Å². The van der Waals surface area contributed by atoms with Crippen molar-refractivity contribution in [1.82, 2.24) is 4.72 Å². The molecule has 0 fully saturated rings. The molecule has 5 nitrogen and oxygen atoms in total. The van der Waals surface area contributed by atoms with Crippen LogP contribution in [0.5, 0.6) is 0 Å². The van der Waals surface area contributed by atoms with Gasteiger partial charge in [0.05, 0.1) is 4.90 Å². The van der Waals surface area contributed by atoms with Gasteiger partial charge in [0.25, 0.3) is 5.91 Å². The van der Waals surface area contributed by atoms with Gasteiger partial charge in [-0.3, -0.25) is 4.79 Å². The van der Waals surface area contributed by atoms with Gasteiger partial charge >= 0.3 is 0 Å². The molecule has 140 valence electrons. The number of hydrogen-bond acceptors (Lipinski definition) is 3. The number of rotatable bonds is 7. The van der Waals surface area contributed by atoms with Crippen LogP contribution in [0.25, 0.3) is 0 Å². The van der Waals surface area contributed by atoms with Gasteiger partial charge in [0.2, 0.25) is 10.0 Å². The summed E-state index contributed by atoms with van der Waals surface area (Å²) < 4.78 is 27.3. The van der Waals surface area contributed by atoms with E-state index in [1.165, 1.54) is 12.1 Å². The van der Waals surface area contributed by atoms with Crippen molar-refractivity contribution in [2.45, 2.75) is 39.0 Å². The molecule has 0 aliphatic heterocycles. The summed E-state index contributed by atoms with van der Waals surface area (Å²) in [7, 11) is -3.64. The second kappa shape index (κ2) is 8.47. The fourth-order valence-corrected chi connectivity index (χ4v) is 3.81. The molecule has 6 heteroatoms. The van der Waals surface area contributed by atoms with Crippen LogP contribution >= 0.6 is 0 Å². The van der Waals surface area contributed by atoms with Crippen molar-refractivity contribution in [2.75, 3.05) is 11.9 Å². The predicted octanol–water partition coefficient (Wildman–Crippen LogP) is 3.74. The van der Waals surface area contributed by atoms with Crippen molar-refractivity contribution in [3.05, 3.63) is 59.2 Å². The smallest absolute Gasteiger partial charge is 0.255 e. The van der Waals surface area contributed by atoms with E-state index < -0.39 is 10.0 Å². The maximum Gasteiger partial charge on any atom is 0.255 e. The topological polar surface area (TPSA) is 75.3 Å². The summed E-state index contributed by atoms with van der Waals surface area (Å²) in [5.41, 5.74) is 3.11. The summed E-state index contributed by atoms with van der Waals surface area (Å²) in [6.45, 7) is 8.17. The quantitative estimate of drug-likeness (QED) is 0.775. The zero-order chi connectivity index (χ0) is 19.3. The van der Waals surface area contributed by atoms with Crippen LogP contribution in [-0.2, 0) is 16.4 Å². The van der Waals surface area contributed by atoms with Crippen LogP contribution in [0.2, 0.25) is 0 Å². The molecule has 0 bridgehead atoms. The van der Waals surface area contributed by atoms with Crippen molar-refractivity contribution in [3.8, 4) is 0 Å². The van der Waals surface area contributed by atoms with E-state index in [1.807, 2.05) is 45.9 Å². The highest BCUT2D eigenvalue weighted by Gasteiger charge is 2.17. The SMILES string of the molecule is CCc1cccc(C)c1NC(=O)c1cccc(S(=O)(=O)NCC(C)C)c1. The van der Waals surface area contributed by atoms with Crippen molar-refractivity contribution in [2.24, 2.45) is 5.92 Å². The number of carbonyl (C=O) groups excluding carboxylic acids is 1. The lowest BCUT2D eigenvalue weighted by Gasteiger charge is -2.14. The van der Waals surface area contributed by atoms with E-state index in [0.29, 0.717) is 12.1 Å². The van der Waals surface area contributed by atoms with Gasteiger partial charge in [0, 0.05) is 17.8 Å². The Balaban J connectivity index is 2.27. The Hall–Kier alpha value is -2.18. The Morgan fingerprint density at radius 3 is 2.46 bits per heavy atom. The molecule has 0 unspecified atom stereocenters. The molecule has 2 aromatic carbocycles. The van der Waals surface area contributed by atoms with Crippen molar-refractivity contribution >= 4 is 21.6 Å². The summed E-state index contributed by atoms with van der Waals surface area (Å²) in [5, 5.41) is 2.92. The molecule has 2 aromatic rings. The first kappa shape index (κ1) is 20.1. The summed E-state index contributed by atoms with van der Waals surface area (Å²) in [6, 6.07) is 12.0. The number of amides is 1. The molecular formula is C20H26N2O3S. The van der Waals surface area contributed by atoms with E-state index in [4.69, 9.17) is 0 Å². The van der Waals surface area contributed by atoms with E-state index in [0.717, 1.165) is 23.2 Å². The van der Waals surface area contributed by atoms with Gasteiger partial charge in [-0.25, -0.2) is 13.1 Å². The highest BCUT2D eigenvalue weighted by molar-refractivity contribution is 7.89. The average molecular weight is 375 g/mol.